The van der Waals surface area contributed by atoms with Crippen molar-refractivity contribution in [1.29, 1.82) is 0 Å². The second kappa shape index (κ2) is 2.76. The molecule has 0 amide bonds. The van der Waals surface area contributed by atoms with Crippen molar-refractivity contribution in [1.82, 2.24) is 9.38 Å². The Morgan fingerprint density at radius 3 is 2.92 bits per heavy atom. The van der Waals surface area contributed by atoms with Crippen LogP contribution in [0.25, 0.3) is 5.65 Å². The number of fused-ring (bicyclic) bond motifs is 1. The van der Waals surface area contributed by atoms with E-state index in [1.807, 2.05) is 28.9 Å². The van der Waals surface area contributed by atoms with Gasteiger partial charge in [0.2, 0.25) is 0 Å². The molecule has 2 rings (SSSR count). The predicted molar refractivity (Wildman–Crippen MR) is 53.7 cm³/mol. The molecule has 0 aliphatic rings. The first-order chi connectivity index (χ1) is 6.16. The van der Waals surface area contributed by atoms with Gasteiger partial charge in [-0.05, 0) is 12.0 Å². The summed E-state index contributed by atoms with van der Waals surface area (Å²) >= 11 is 0. The molecule has 3 heteroatoms. The smallest absolute Gasteiger partial charge is 0.139 e. The number of hydrogen-bond acceptors (Lipinski definition) is 2. The molecular weight excluding hydrogens is 162 g/mol. The molecule has 0 aliphatic carbocycles. The topological polar surface area (TPSA) is 43.3 Å². The molecule has 0 spiro atoms. The first kappa shape index (κ1) is 8.10. The Balaban J connectivity index is 2.62. The summed E-state index contributed by atoms with van der Waals surface area (Å²) in [7, 11) is 0. The van der Waals surface area contributed by atoms with E-state index in [0.717, 1.165) is 17.0 Å². The number of hydrogen-bond donors (Lipinski definition) is 1. The van der Waals surface area contributed by atoms with Gasteiger partial charge < -0.3 is 10.1 Å². The fourth-order valence-electron chi connectivity index (χ4n) is 1.30. The van der Waals surface area contributed by atoms with Crippen molar-refractivity contribution in [2.75, 3.05) is 5.73 Å². The Bertz CT molecular complexity index is 429. The van der Waals surface area contributed by atoms with Gasteiger partial charge in [-0.15, -0.1) is 0 Å². The number of pyridine rings is 1. The van der Waals surface area contributed by atoms with Gasteiger partial charge in [0, 0.05) is 24.1 Å². The van der Waals surface area contributed by atoms with E-state index in [1.165, 1.54) is 0 Å². The van der Waals surface area contributed by atoms with Gasteiger partial charge in [0.05, 0.1) is 5.69 Å². The van der Waals surface area contributed by atoms with E-state index in [-0.39, 0.29) is 0 Å². The van der Waals surface area contributed by atoms with Crippen LogP contribution in [0.1, 0.15) is 25.5 Å². The van der Waals surface area contributed by atoms with Crippen LogP contribution in [-0.4, -0.2) is 9.38 Å². The van der Waals surface area contributed by atoms with E-state index in [4.69, 9.17) is 5.73 Å². The molecule has 0 radical (unpaired) electrons. The van der Waals surface area contributed by atoms with Gasteiger partial charge in [0.1, 0.15) is 5.65 Å². The maximum atomic E-state index is 5.66. The average Bonchev–Trinajstić information content (AvgIpc) is 2.46. The van der Waals surface area contributed by atoms with Gasteiger partial charge in [-0.25, -0.2) is 4.98 Å². The van der Waals surface area contributed by atoms with E-state index in [0.29, 0.717) is 5.92 Å². The van der Waals surface area contributed by atoms with Crippen LogP contribution in [0.5, 0.6) is 0 Å². The van der Waals surface area contributed by atoms with Crippen molar-refractivity contribution in [3.8, 4) is 0 Å². The Morgan fingerprint density at radius 1 is 1.46 bits per heavy atom. The maximum absolute atomic E-state index is 5.66. The van der Waals surface area contributed by atoms with Crippen LogP contribution in [0.4, 0.5) is 5.69 Å². The van der Waals surface area contributed by atoms with Crippen LogP contribution >= 0.6 is 0 Å². The highest BCUT2D eigenvalue weighted by Gasteiger charge is 2.04. The molecule has 3 nitrogen and oxygen atoms in total. The van der Waals surface area contributed by atoms with Crippen molar-refractivity contribution in [3.63, 3.8) is 0 Å². The molecule has 2 aromatic heterocycles. The van der Waals surface area contributed by atoms with Crippen molar-refractivity contribution in [2.45, 2.75) is 19.8 Å². The molecule has 0 saturated heterocycles. The Labute approximate surface area is 77.2 Å². The van der Waals surface area contributed by atoms with E-state index >= 15 is 0 Å². The fourth-order valence-corrected chi connectivity index (χ4v) is 1.30. The standard InChI is InChI=1S/C10H13N3/c1-7(2)9-6-13-4-3-8(11)5-10(13)12-9/h3-7H,11H2,1-2H3. The molecule has 0 fully saturated rings. The lowest BCUT2D eigenvalue weighted by atomic mass is 10.2. The summed E-state index contributed by atoms with van der Waals surface area (Å²) < 4.78 is 1.99. The molecule has 0 atom stereocenters. The minimum atomic E-state index is 0.459. The predicted octanol–water partition coefficient (Wildman–Crippen LogP) is 2.04. The molecule has 68 valence electrons. The number of nitrogens with zero attached hydrogens (tertiary/aromatic N) is 2. The van der Waals surface area contributed by atoms with Crippen LogP contribution in [0, 0.1) is 0 Å². The maximum Gasteiger partial charge on any atom is 0.139 e. The Kier molecular flexibility index (Phi) is 1.72. The van der Waals surface area contributed by atoms with Crippen molar-refractivity contribution in [2.24, 2.45) is 0 Å². The van der Waals surface area contributed by atoms with E-state index in [2.05, 4.69) is 18.8 Å². The third-order valence-corrected chi connectivity index (χ3v) is 2.09. The van der Waals surface area contributed by atoms with Crippen molar-refractivity contribution >= 4 is 11.3 Å². The van der Waals surface area contributed by atoms with Gasteiger partial charge in [0.15, 0.2) is 0 Å². The third kappa shape index (κ3) is 1.37. The van der Waals surface area contributed by atoms with Crippen LogP contribution in [0.2, 0.25) is 0 Å². The van der Waals surface area contributed by atoms with E-state index in [1.54, 1.807) is 0 Å². The second-order valence-corrected chi connectivity index (χ2v) is 3.55. The Morgan fingerprint density at radius 2 is 2.23 bits per heavy atom. The average molecular weight is 175 g/mol. The molecule has 0 bridgehead atoms. The van der Waals surface area contributed by atoms with Crippen LogP contribution in [0.15, 0.2) is 24.5 Å². The number of rotatable bonds is 1. The molecule has 0 aliphatic heterocycles. The first-order valence-electron chi connectivity index (χ1n) is 4.41. The molecule has 0 unspecified atom stereocenters. The zero-order valence-electron chi connectivity index (χ0n) is 7.86. The molecule has 13 heavy (non-hydrogen) atoms. The first-order valence-corrected chi connectivity index (χ1v) is 4.41. The molecule has 2 N–H and O–H groups in total. The summed E-state index contributed by atoms with van der Waals surface area (Å²) in [5.41, 5.74) is 8.44. The number of nitrogen functional groups attached to an aromatic ring is 1. The number of anilines is 1. The minimum Gasteiger partial charge on any atom is -0.399 e. The minimum absolute atomic E-state index is 0.459. The second-order valence-electron chi connectivity index (χ2n) is 3.55. The van der Waals surface area contributed by atoms with E-state index in [9.17, 15) is 0 Å². The van der Waals surface area contributed by atoms with Gasteiger partial charge in [-0.2, -0.15) is 0 Å². The monoisotopic (exact) mass is 175 g/mol. The van der Waals surface area contributed by atoms with Crippen LogP contribution in [0.3, 0.4) is 0 Å². The summed E-state index contributed by atoms with van der Waals surface area (Å²) in [5.74, 6) is 0.459. The number of nitrogens with two attached hydrogens (primary N) is 1. The molecule has 2 heterocycles. The molecule has 0 aromatic carbocycles. The van der Waals surface area contributed by atoms with Gasteiger partial charge in [-0.1, -0.05) is 13.8 Å². The molecular formula is C10H13N3. The largest absolute Gasteiger partial charge is 0.399 e. The fraction of sp³-hybridized carbons (Fsp3) is 0.300. The van der Waals surface area contributed by atoms with Gasteiger partial charge in [0.25, 0.3) is 0 Å². The van der Waals surface area contributed by atoms with Gasteiger partial charge in [-0.3, -0.25) is 0 Å². The molecule has 2 aromatic rings. The zero-order valence-corrected chi connectivity index (χ0v) is 7.86. The highest BCUT2D eigenvalue weighted by atomic mass is 15.0. The van der Waals surface area contributed by atoms with Gasteiger partial charge >= 0.3 is 0 Å². The normalized spacial score (nSPS) is 11.3. The van der Waals surface area contributed by atoms with Crippen LogP contribution in [-0.2, 0) is 0 Å². The number of aromatic nitrogens is 2. The summed E-state index contributed by atoms with van der Waals surface area (Å²) in [6.07, 6.45) is 3.98. The summed E-state index contributed by atoms with van der Waals surface area (Å²) in [4.78, 5) is 4.46. The summed E-state index contributed by atoms with van der Waals surface area (Å²) in [6, 6.07) is 3.75. The van der Waals surface area contributed by atoms with Crippen LogP contribution < -0.4 is 5.73 Å². The van der Waals surface area contributed by atoms with Crippen molar-refractivity contribution < 1.29 is 0 Å². The third-order valence-electron chi connectivity index (χ3n) is 2.09. The zero-order chi connectivity index (χ0) is 9.42. The molecule has 0 saturated carbocycles. The highest BCUT2D eigenvalue weighted by Crippen LogP contribution is 2.15. The lowest BCUT2D eigenvalue weighted by molar-refractivity contribution is 0.834. The number of imidazole rings is 1. The SMILES string of the molecule is CC(C)c1cn2ccc(N)cc2n1. The highest BCUT2D eigenvalue weighted by molar-refractivity contribution is 5.52. The lowest BCUT2D eigenvalue weighted by Crippen LogP contribution is -1.87. The Hall–Kier alpha value is -1.51. The lowest BCUT2D eigenvalue weighted by Gasteiger charge is -1.94. The summed E-state index contributed by atoms with van der Waals surface area (Å²) in [5, 5.41) is 0. The van der Waals surface area contributed by atoms with E-state index < -0.39 is 0 Å². The van der Waals surface area contributed by atoms with Crippen molar-refractivity contribution in [3.05, 3.63) is 30.2 Å². The summed E-state index contributed by atoms with van der Waals surface area (Å²) in [6.45, 7) is 4.26. The quantitative estimate of drug-likeness (QED) is 0.720.